The average molecular weight is 411 g/mol. The van der Waals surface area contributed by atoms with Crippen molar-refractivity contribution in [1.82, 2.24) is 15.1 Å². The van der Waals surface area contributed by atoms with E-state index < -0.39 is 11.8 Å². The lowest BCUT2D eigenvalue weighted by atomic mass is 10.0. The van der Waals surface area contributed by atoms with E-state index in [4.69, 9.17) is 4.74 Å². The molecule has 2 aromatic rings. The van der Waals surface area contributed by atoms with Crippen LogP contribution in [0.15, 0.2) is 48.5 Å². The Labute approximate surface area is 178 Å². The van der Waals surface area contributed by atoms with Crippen LogP contribution in [0.3, 0.4) is 0 Å². The van der Waals surface area contributed by atoms with E-state index in [-0.39, 0.29) is 6.04 Å². The molecular weight excluding hydrogens is 380 g/mol. The van der Waals surface area contributed by atoms with E-state index in [9.17, 15) is 9.59 Å². The summed E-state index contributed by atoms with van der Waals surface area (Å²) >= 11 is 0. The van der Waals surface area contributed by atoms with Gasteiger partial charge in [-0.15, -0.1) is 0 Å². The van der Waals surface area contributed by atoms with Gasteiger partial charge in [0.1, 0.15) is 5.75 Å². The fourth-order valence-corrected chi connectivity index (χ4v) is 3.51. The van der Waals surface area contributed by atoms with E-state index in [0.717, 1.165) is 43.1 Å². The molecular formula is C23H30N4O3. The Morgan fingerprint density at radius 1 is 0.967 bits per heavy atom. The minimum atomic E-state index is -0.661. The smallest absolute Gasteiger partial charge is 0.313 e. The number of amides is 2. The quantitative estimate of drug-likeness (QED) is 0.713. The van der Waals surface area contributed by atoms with Crippen LogP contribution < -0.4 is 15.4 Å². The third-order valence-corrected chi connectivity index (χ3v) is 5.45. The molecule has 1 heterocycles. The van der Waals surface area contributed by atoms with Gasteiger partial charge < -0.3 is 20.3 Å². The molecule has 0 saturated carbocycles. The van der Waals surface area contributed by atoms with Crippen LogP contribution in [-0.2, 0) is 9.59 Å². The molecule has 0 radical (unpaired) electrons. The third kappa shape index (κ3) is 5.81. The monoisotopic (exact) mass is 410 g/mol. The summed E-state index contributed by atoms with van der Waals surface area (Å²) in [6.45, 7) is 6.06. The fourth-order valence-electron chi connectivity index (χ4n) is 3.51. The van der Waals surface area contributed by atoms with Gasteiger partial charge in [0.2, 0.25) is 0 Å². The highest BCUT2D eigenvalue weighted by molar-refractivity contribution is 6.39. The number of hydrogen-bond donors (Lipinski definition) is 2. The minimum absolute atomic E-state index is 0.0132. The van der Waals surface area contributed by atoms with Crippen molar-refractivity contribution in [3.63, 3.8) is 0 Å². The molecule has 1 saturated heterocycles. The number of ether oxygens (including phenoxy) is 1. The molecule has 1 aliphatic rings. The second-order valence-electron chi connectivity index (χ2n) is 7.66. The van der Waals surface area contributed by atoms with Gasteiger partial charge in [-0.05, 0) is 43.8 Å². The largest absolute Gasteiger partial charge is 0.497 e. The summed E-state index contributed by atoms with van der Waals surface area (Å²) in [7, 11) is 3.75. The van der Waals surface area contributed by atoms with E-state index in [1.165, 1.54) is 0 Å². The van der Waals surface area contributed by atoms with Crippen molar-refractivity contribution in [2.75, 3.05) is 52.2 Å². The van der Waals surface area contributed by atoms with Gasteiger partial charge in [0.15, 0.2) is 0 Å². The number of piperazine rings is 1. The molecule has 1 aliphatic heterocycles. The maximum atomic E-state index is 12.4. The number of rotatable bonds is 6. The summed E-state index contributed by atoms with van der Waals surface area (Å²) in [4.78, 5) is 29.3. The lowest BCUT2D eigenvalue weighted by Crippen LogP contribution is -2.49. The lowest BCUT2D eigenvalue weighted by molar-refractivity contribution is -0.136. The van der Waals surface area contributed by atoms with Crippen molar-refractivity contribution >= 4 is 17.5 Å². The molecule has 2 aromatic carbocycles. The predicted molar refractivity (Wildman–Crippen MR) is 118 cm³/mol. The minimum Gasteiger partial charge on any atom is -0.497 e. The Balaban J connectivity index is 1.65. The van der Waals surface area contributed by atoms with Gasteiger partial charge in [-0.1, -0.05) is 29.8 Å². The maximum absolute atomic E-state index is 12.4. The summed E-state index contributed by atoms with van der Waals surface area (Å²) in [5, 5.41) is 5.46. The normalized spacial score (nSPS) is 16.0. The highest BCUT2D eigenvalue weighted by Gasteiger charge is 2.25. The van der Waals surface area contributed by atoms with E-state index in [0.29, 0.717) is 12.2 Å². The Hall–Kier alpha value is -2.90. The van der Waals surface area contributed by atoms with Crippen molar-refractivity contribution in [2.45, 2.75) is 13.0 Å². The molecule has 2 amide bonds. The van der Waals surface area contributed by atoms with Crippen LogP contribution in [0, 0.1) is 6.92 Å². The zero-order valence-corrected chi connectivity index (χ0v) is 17.9. The Bertz CT molecular complexity index is 844. The lowest BCUT2D eigenvalue weighted by Gasteiger charge is -2.38. The molecule has 7 heteroatoms. The van der Waals surface area contributed by atoms with Crippen molar-refractivity contribution < 1.29 is 14.3 Å². The molecule has 160 valence electrons. The number of nitrogens with one attached hydrogen (secondary N) is 2. The van der Waals surface area contributed by atoms with E-state index in [1.54, 1.807) is 19.2 Å². The third-order valence-electron chi connectivity index (χ3n) is 5.45. The number of benzene rings is 2. The van der Waals surface area contributed by atoms with Crippen molar-refractivity contribution in [3.8, 4) is 5.75 Å². The van der Waals surface area contributed by atoms with Crippen molar-refractivity contribution in [1.29, 1.82) is 0 Å². The molecule has 2 N–H and O–H groups in total. The number of hydrogen-bond acceptors (Lipinski definition) is 5. The number of carbonyl (C=O) groups excluding carboxylic acids is 2. The first-order valence-corrected chi connectivity index (χ1v) is 10.2. The van der Waals surface area contributed by atoms with E-state index in [1.807, 2.05) is 43.3 Å². The van der Waals surface area contributed by atoms with Crippen molar-refractivity contribution in [3.05, 3.63) is 59.7 Å². The summed E-state index contributed by atoms with van der Waals surface area (Å²) in [6.07, 6.45) is 0. The second kappa shape index (κ2) is 10.2. The standard InChI is InChI=1S/C23H30N4O3/c1-17-4-8-19(9-5-17)25-23(29)22(28)24-16-21(27-14-12-26(2)13-15-27)18-6-10-20(30-3)11-7-18/h4-11,21H,12-16H2,1-3H3,(H,24,28)(H,25,29)/t21-/m0/s1. The summed E-state index contributed by atoms with van der Waals surface area (Å²) in [6, 6.07) is 15.2. The van der Waals surface area contributed by atoms with E-state index >= 15 is 0 Å². The first kappa shape index (κ1) is 21.8. The van der Waals surface area contributed by atoms with Crippen LogP contribution in [0.1, 0.15) is 17.2 Å². The van der Waals surface area contributed by atoms with Crippen LogP contribution in [0.25, 0.3) is 0 Å². The van der Waals surface area contributed by atoms with Crippen LogP contribution in [-0.4, -0.2) is 68.5 Å². The topological polar surface area (TPSA) is 73.9 Å². The Kier molecular flexibility index (Phi) is 7.43. The van der Waals surface area contributed by atoms with Gasteiger partial charge in [-0.2, -0.15) is 0 Å². The first-order valence-electron chi connectivity index (χ1n) is 10.2. The van der Waals surface area contributed by atoms with Crippen LogP contribution in [0.5, 0.6) is 5.75 Å². The highest BCUT2D eigenvalue weighted by Crippen LogP contribution is 2.24. The molecule has 0 bridgehead atoms. The predicted octanol–water partition coefficient (Wildman–Crippen LogP) is 2.05. The molecule has 30 heavy (non-hydrogen) atoms. The molecule has 0 aromatic heterocycles. The number of likely N-dealkylation sites (N-methyl/N-ethyl adjacent to an activating group) is 1. The van der Waals surface area contributed by atoms with Gasteiger partial charge >= 0.3 is 11.8 Å². The molecule has 1 atom stereocenters. The maximum Gasteiger partial charge on any atom is 0.313 e. The highest BCUT2D eigenvalue weighted by atomic mass is 16.5. The van der Waals surface area contributed by atoms with Crippen molar-refractivity contribution in [2.24, 2.45) is 0 Å². The Morgan fingerprint density at radius 3 is 2.20 bits per heavy atom. The van der Waals surface area contributed by atoms with Crippen LogP contribution in [0.4, 0.5) is 5.69 Å². The average Bonchev–Trinajstić information content (AvgIpc) is 2.77. The molecule has 0 unspecified atom stereocenters. The molecule has 7 nitrogen and oxygen atoms in total. The SMILES string of the molecule is COc1ccc([C@H](CNC(=O)C(=O)Nc2ccc(C)cc2)N2CCN(C)CC2)cc1. The van der Waals surface area contributed by atoms with Gasteiger partial charge in [0.25, 0.3) is 0 Å². The number of anilines is 1. The number of carbonyl (C=O) groups is 2. The summed E-state index contributed by atoms with van der Waals surface area (Å²) < 4.78 is 5.26. The number of nitrogens with zero attached hydrogens (tertiary/aromatic N) is 2. The van der Waals surface area contributed by atoms with Gasteiger partial charge in [-0.3, -0.25) is 14.5 Å². The van der Waals surface area contributed by atoms with E-state index in [2.05, 4.69) is 27.5 Å². The number of methoxy groups -OCH3 is 1. The zero-order chi connectivity index (χ0) is 21.5. The second-order valence-corrected chi connectivity index (χ2v) is 7.66. The molecule has 1 fully saturated rings. The zero-order valence-electron chi connectivity index (χ0n) is 17.9. The molecule has 3 rings (SSSR count). The summed E-state index contributed by atoms with van der Waals surface area (Å²) in [5.41, 5.74) is 2.78. The molecule has 0 spiro atoms. The van der Waals surface area contributed by atoms with Gasteiger partial charge in [-0.25, -0.2) is 0 Å². The van der Waals surface area contributed by atoms with Gasteiger partial charge in [0.05, 0.1) is 13.2 Å². The number of aryl methyl sites for hydroxylation is 1. The van der Waals surface area contributed by atoms with Gasteiger partial charge in [0, 0.05) is 38.4 Å². The van der Waals surface area contributed by atoms with Crippen LogP contribution >= 0.6 is 0 Å². The Morgan fingerprint density at radius 2 is 1.60 bits per heavy atom. The summed E-state index contributed by atoms with van der Waals surface area (Å²) in [5.74, 6) is -0.508. The molecule has 0 aliphatic carbocycles. The fraction of sp³-hybridized carbons (Fsp3) is 0.391. The van der Waals surface area contributed by atoms with Crippen LogP contribution in [0.2, 0.25) is 0 Å². The first-order chi connectivity index (χ1) is 14.5.